The third kappa shape index (κ3) is 3.80. The lowest BCUT2D eigenvalue weighted by molar-refractivity contribution is 0.679. The van der Waals surface area contributed by atoms with E-state index in [0.717, 1.165) is 0 Å². The number of hydrogen-bond acceptors (Lipinski definition) is 4. The minimum absolute atomic E-state index is 0.0197. The molecule has 1 heterocycles. The van der Waals surface area contributed by atoms with Gasteiger partial charge in [0.1, 0.15) is 11.0 Å². The van der Waals surface area contributed by atoms with Gasteiger partial charge in [0.15, 0.2) is 0 Å². The highest BCUT2D eigenvalue weighted by Crippen LogP contribution is 2.13. The second-order valence-electron chi connectivity index (χ2n) is 3.37. The Morgan fingerprint density at radius 2 is 2.38 bits per heavy atom. The third-order valence-corrected chi connectivity index (χ3v) is 3.55. The molecule has 0 amide bonds. The molecule has 0 aliphatic carbocycles. The van der Waals surface area contributed by atoms with E-state index >= 15 is 0 Å². The number of aromatic nitrogens is 1. The van der Waals surface area contributed by atoms with Crippen LogP contribution in [0.15, 0.2) is 12.1 Å². The fourth-order valence-electron chi connectivity index (χ4n) is 1.02. The Balaban J connectivity index is 2.71. The predicted molar refractivity (Wildman–Crippen MR) is 66.0 cm³/mol. The molecule has 0 saturated carbocycles. The van der Waals surface area contributed by atoms with Gasteiger partial charge in [-0.3, -0.25) is 4.21 Å². The van der Waals surface area contributed by atoms with Crippen LogP contribution >= 0.6 is 11.6 Å². The minimum atomic E-state index is -0.885. The summed E-state index contributed by atoms with van der Waals surface area (Å²) in [5.74, 6) is 0.529. The molecular formula is C10H12ClN3OS. The number of hydrogen-bond donors (Lipinski definition) is 1. The Kier molecular flexibility index (Phi) is 4.71. The maximum atomic E-state index is 11.1. The molecule has 1 aromatic rings. The van der Waals surface area contributed by atoms with Crippen molar-refractivity contribution in [2.24, 2.45) is 0 Å². The molecule has 86 valence electrons. The highest BCUT2D eigenvalue weighted by atomic mass is 35.5. The molecule has 4 nitrogen and oxygen atoms in total. The molecule has 2 unspecified atom stereocenters. The number of nitriles is 1. The molecule has 16 heavy (non-hydrogen) atoms. The van der Waals surface area contributed by atoms with Crippen LogP contribution in [0.25, 0.3) is 0 Å². The van der Waals surface area contributed by atoms with E-state index in [9.17, 15) is 4.21 Å². The van der Waals surface area contributed by atoms with Crippen molar-refractivity contribution < 1.29 is 4.21 Å². The lowest BCUT2D eigenvalue weighted by Crippen LogP contribution is -2.21. The van der Waals surface area contributed by atoms with Crippen molar-refractivity contribution in [2.75, 3.05) is 18.1 Å². The summed E-state index contributed by atoms with van der Waals surface area (Å²) in [4.78, 5) is 4.02. The third-order valence-electron chi connectivity index (χ3n) is 2.06. The molecule has 0 aliphatic heterocycles. The Bertz CT molecular complexity index is 444. The quantitative estimate of drug-likeness (QED) is 0.835. The van der Waals surface area contributed by atoms with E-state index in [0.29, 0.717) is 17.9 Å². The molecule has 1 rings (SSSR count). The van der Waals surface area contributed by atoms with Gasteiger partial charge >= 0.3 is 0 Å². The van der Waals surface area contributed by atoms with E-state index in [1.165, 1.54) is 6.07 Å². The number of rotatable bonds is 4. The number of nitrogens with one attached hydrogen (secondary N) is 1. The van der Waals surface area contributed by atoms with Crippen molar-refractivity contribution >= 4 is 28.2 Å². The summed E-state index contributed by atoms with van der Waals surface area (Å²) < 4.78 is 11.1. The largest absolute Gasteiger partial charge is 0.369 e. The molecule has 1 N–H and O–H groups in total. The molecule has 0 saturated heterocycles. The van der Waals surface area contributed by atoms with E-state index in [-0.39, 0.29) is 10.4 Å². The van der Waals surface area contributed by atoms with Gasteiger partial charge in [0, 0.05) is 28.9 Å². The Labute approximate surface area is 102 Å². The zero-order valence-corrected chi connectivity index (χ0v) is 10.6. The van der Waals surface area contributed by atoms with Gasteiger partial charge < -0.3 is 5.32 Å². The standard InChI is InChI=1S/C10H12ClN3OS/c1-7(16(2)15)6-13-10-4-8(5-12)3-9(11)14-10/h3-4,7H,6H2,1-2H3,(H,13,14). The second-order valence-corrected chi connectivity index (χ2v) is 5.55. The number of halogens is 1. The monoisotopic (exact) mass is 257 g/mol. The molecule has 0 spiro atoms. The first-order valence-electron chi connectivity index (χ1n) is 4.66. The summed E-state index contributed by atoms with van der Waals surface area (Å²) in [6.45, 7) is 2.40. The van der Waals surface area contributed by atoms with Crippen LogP contribution < -0.4 is 5.32 Å². The summed E-state index contributed by atoms with van der Waals surface area (Å²) in [5, 5.41) is 12.0. The summed E-state index contributed by atoms with van der Waals surface area (Å²) in [6, 6.07) is 5.10. The van der Waals surface area contributed by atoms with Crippen molar-refractivity contribution in [1.29, 1.82) is 5.26 Å². The molecule has 0 bridgehead atoms. The molecule has 2 atom stereocenters. The van der Waals surface area contributed by atoms with Crippen LogP contribution in [-0.2, 0) is 10.8 Å². The van der Waals surface area contributed by atoms with Gasteiger partial charge in [-0.2, -0.15) is 5.26 Å². The van der Waals surface area contributed by atoms with E-state index in [2.05, 4.69) is 10.3 Å². The number of anilines is 1. The van der Waals surface area contributed by atoms with Crippen molar-refractivity contribution in [3.05, 3.63) is 22.8 Å². The van der Waals surface area contributed by atoms with Crippen LogP contribution in [-0.4, -0.2) is 27.2 Å². The smallest absolute Gasteiger partial charge is 0.132 e. The van der Waals surface area contributed by atoms with Crippen LogP contribution in [0.3, 0.4) is 0 Å². The molecule has 0 aliphatic rings. The summed E-state index contributed by atoms with van der Waals surface area (Å²) in [5.41, 5.74) is 0.452. The summed E-state index contributed by atoms with van der Waals surface area (Å²) in [7, 11) is -0.885. The average molecular weight is 258 g/mol. The van der Waals surface area contributed by atoms with Gasteiger partial charge in [0.2, 0.25) is 0 Å². The molecule has 0 fully saturated rings. The van der Waals surface area contributed by atoms with Crippen LogP contribution in [0.5, 0.6) is 0 Å². The van der Waals surface area contributed by atoms with Gasteiger partial charge in [-0.15, -0.1) is 0 Å². The average Bonchev–Trinajstić information content (AvgIpc) is 2.24. The van der Waals surface area contributed by atoms with E-state index in [4.69, 9.17) is 16.9 Å². The normalized spacial score (nSPS) is 13.9. The maximum absolute atomic E-state index is 11.1. The van der Waals surface area contributed by atoms with E-state index < -0.39 is 10.8 Å². The SMILES string of the molecule is CC(CNc1cc(C#N)cc(Cl)n1)S(C)=O. The Morgan fingerprint density at radius 3 is 2.94 bits per heavy atom. The van der Waals surface area contributed by atoms with Gasteiger partial charge in [0.25, 0.3) is 0 Å². The number of nitrogens with zero attached hydrogens (tertiary/aromatic N) is 2. The van der Waals surface area contributed by atoms with Crippen molar-refractivity contribution in [3.63, 3.8) is 0 Å². The molecule has 0 radical (unpaired) electrons. The first-order chi connectivity index (χ1) is 7.52. The molecule has 0 aromatic carbocycles. The van der Waals surface area contributed by atoms with E-state index in [1.54, 1.807) is 12.3 Å². The minimum Gasteiger partial charge on any atom is -0.369 e. The second kappa shape index (κ2) is 5.83. The first-order valence-corrected chi connectivity index (χ1v) is 6.66. The van der Waals surface area contributed by atoms with Crippen LogP contribution in [0, 0.1) is 11.3 Å². The zero-order valence-electron chi connectivity index (χ0n) is 9.03. The molecular weight excluding hydrogens is 246 g/mol. The molecule has 1 aromatic heterocycles. The first kappa shape index (κ1) is 12.9. The summed E-state index contributed by atoms with van der Waals surface area (Å²) >= 11 is 5.74. The van der Waals surface area contributed by atoms with E-state index in [1.807, 2.05) is 13.0 Å². The van der Waals surface area contributed by atoms with Gasteiger partial charge in [-0.25, -0.2) is 4.98 Å². The highest BCUT2D eigenvalue weighted by molar-refractivity contribution is 7.84. The van der Waals surface area contributed by atoms with Crippen LogP contribution in [0.4, 0.5) is 5.82 Å². The van der Waals surface area contributed by atoms with Crippen molar-refractivity contribution in [3.8, 4) is 6.07 Å². The lowest BCUT2D eigenvalue weighted by atomic mass is 10.3. The molecule has 6 heteroatoms. The van der Waals surface area contributed by atoms with Gasteiger partial charge in [0.05, 0.1) is 11.6 Å². The summed E-state index contributed by atoms with van der Waals surface area (Å²) in [6.07, 6.45) is 1.65. The van der Waals surface area contributed by atoms with Gasteiger partial charge in [-0.05, 0) is 19.1 Å². The van der Waals surface area contributed by atoms with Crippen LogP contribution in [0.1, 0.15) is 12.5 Å². The fraction of sp³-hybridized carbons (Fsp3) is 0.400. The fourth-order valence-corrected chi connectivity index (χ4v) is 1.54. The Morgan fingerprint density at radius 1 is 1.69 bits per heavy atom. The lowest BCUT2D eigenvalue weighted by Gasteiger charge is -2.10. The van der Waals surface area contributed by atoms with Crippen LogP contribution in [0.2, 0.25) is 5.15 Å². The maximum Gasteiger partial charge on any atom is 0.132 e. The zero-order chi connectivity index (χ0) is 12.1. The van der Waals surface area contributed by atoms with Crippen molar-refractivity contribution in [2.45, 2.75) is 12.2 Å². The van der Waals surface area contributed by atoms with Gasteiger partial charge in [-0.1, -0.05) is 11.6 Å². The topological polar surface area (TPSA) is 65.8 Å². The van der Waals surface area contributed by atoms with Crippen molar-refractivity contribution in [1.82, 2.24) is 4.98 Å². The number of pyridine rings is 1. The Hall–Kier alpha value is -1.12. The predicted octanol–water partition coefficient (Wildman–Crippen LogP) is 1.79. The highest BCUT2D eigenvalue weighted by Gasteiger charge is 2.07.